The molecule has 0 atom stereocenters. The van der Waals surface area contributed by atoms with Gasteiger partial charge in [-0.2, -0.15) is 0 Å². The number of aromatic nitrogens is 2. The molecule has 0 spiro atoms. The first-order valence-electron chi connectivity index (χ1n) is 9.95. The molecule has 1 aliphatic heterocycles. The van der Waals surface area contributed by atoms with Crippen LogP contribution >= 0.6 is 23.2 Å². The van der Waals surface area contributed by atoms with Crippen LogP contribution in [0, 0.1) is 5.92 Å². The molecule has 0 aliphatic carbocycles. The maximum Gasteiger partial charge on any atom is 0.257 e. The first kappa shape index (κ1) is 20.6. The minimum absolute atomic E-state index is 0.310. The fourth-order valence-electron chi connectivity index (χ4n) is 3.48. The highest BCUT2D eigenvalue weighted by Crippen LogP contribution is 2.25. The van der Waals surface area contributed by atoms with Crippen molar-refractivity contribution in [3.05, 3.63) is 70.2 Å². The number of nitrogens with zero attached hydrogens (tertiary/aromatic N) is 3. The van der Waals surface area contributed by atoms with Crippen molar-refractivity contribution in [2.75, 3.05) is 23.3 Å². The van der Waals surface area contributed by atoms with Crippen LogP contribution in [0.3, 0.4) is 0 Å². The van der Waals surface area contributed by atoms with E-state index in [1.54, 1.807) is 18.2 Å². The van der Waals surface area contributed by atoms with Crippen LogP contribution in [0.1, 0.15) is 30.1 Å². The van der Waals surface area contributed by atoms with Gasteiger partial charge in [-0.15, -0.1) is 10.2 Å². The van der Waals surface area contributed by atoms with Gasteiger partial charge >= 0.3 is 0 Å². The molecule has 3 aromatic rings. The molecule has 1 aromatic heterocycles. The highest BCUT2D eigenvalue weighted by Gasteiger charge is 2.17. The smallest absolute Gasteiger partial charge is 0.257 e. The lowest BCUT2D eigenvalue weighted by atomic mass is 9.99. The van der Waals surface area contributed by atoms with Gasteiger partial charge in [-0.05, 0) is 61.2 Å². The highest BCUT2D eigenvalue weighted by molar-refractivity contribution is 6.36. The summed E-state index contributed by atoms with van der Waals surface area (Å²) in [7, 11) is 0. The SMILES string of the molecule is CC1CCN(c2ccc(-c3ccc(NC(=O)c4cc(Cl)ccc4Cl)cc3)nn2)CC1. The second-order valence-corrected chi connectivity index (χ2v) is 8.45. The zero-order chi connectivity index (χ0) is 21.1. The predicted octanol–water partition coefficient (Wildman–Crippen LogP) is 5.94. The highest BCUT2D eigenvalue weighted by atomic mass is 35.5. The average Bonchev–Trinajstić information content (AvgIpc) is 2.76. The van der Waals surface area contributed by atoms with Crippen LogP contribution in [0.25, 0.3) is 11.3 Å². The Morgan fingerprint density at radius 3 is 2.40 bits per heavy atom. The van der Waals surface area contributed by atoms with Crippen LogP contribution in [0.5, 0.6) is 0 Å². The van der Waals surface area contributed by atoms with Gasteiger partial charge in [0, 0.05) is 29.4 Å². The summed E-state index contributed by atoms with van der Waals surface area (Å²) < 4.78 is 0. The summed E-state index contributed by atoms with van der Waals surface area (Å²) in [6.07, 6.45) is 2.38. The largest absolute Gasteiger partial charge is 0.355 e. The lowest BCUT2D eigenvalue weighted by Gasteiger charge is -2.30. The first-order valence-corrected chi connectivity index (χ1v) is 10.7. The van der Waals surface area contributed by atoms with Crippen molar-refractivity contribution < 1.29 is 4.79 Å². The molecule has 1 saturated heterocycles. The standard InChI is InChI=1S/C23H22Cl2N4O/c1-15-10-12-29(13-11-15)22-9-8-21(27-28-22)16-2-5-18(6-3-16)26-23(30)19-14-17(24)4-7-20(19)25/h2-9,14-15H,10-13H2,1H3,(H,26,30). The molecule has 2 heterocycles. The predicted molar refractivity (Wildman–Crippen MR) is 122 cm³/mol. The minimum atomic E-state index is -0.310. The fourth-order valence-corrected chi connectivity index (χ4v) is 3.86. The quantitative estimate of drug-likeness (QED) is 0.545. The third kappa shape index (κ3) is 4.74. The van der Waals surface area contributed by atoms with Crippen molar-refractivity contribution in [3.63, 3.8) is 0 Å². The van der Waals surface area contributed by atoms with Gasteiger partial charge in [-0.25, -0.2) is 0 Å². The second-order valence-electron chi connectivity index (χ2n) is 7.60. The molecule has 7 heteroatoms. The summed E-state index contributed by atoms with van der Waals surface area (Å²) in [6.45, 7) is 4.35. The van der Waals surface area contributed by atoms with Crippen molar-refractivity contribution in [1.29, 1.82) is 0 Å². The maximum absolute atomic E-state index is 12.5. The number of amides is 1. The number of carbonyl (C=O) groups excluding carboxylic acids is 1. The number of carbonyl (C=O) groups is 1. The van der Waals surface area contributed by atoms with E-state index in [1.165, 1.54) is 12.8 Å². The second kappa shape index (κ2) is 9.02. The molecule has 154 valence electrons. The zero-order valence-electron chi connectivity index (χ0n) is 16.6. The first-order chi connectivity index (χ1) is 14.5. The topological polar surface area (TPSA) is 58.1 Å². The monoisotopic (exact) mass is 440 g/mol. The van der Waals surface area contributed by atoms with Crippen molar-refractivity contribution >= 4 is 40.6 Å². The van der Waals surface area contributed by atoms with E-state index in [-0.39, 0.29) is 5.91 Å². The normalized spacial score (nSPS) is 14.6. The Morgan fingerprint density at radius 1 is 1.00 bits per heavy atom. The summed E-state index contributed by atoms with van der Waals surface area (Å²) in [6, 6.07) is 16.3. The van der Waals surface area contributed by atoms with E-state index in [9.17, 15) is 4.79 Å². The molecule has 30 heavy (non-hydrogen) atoms. The molecule has 1 amide bonds. The van der Waals surface area contributed by atoms with Crippen LogP contribution < -0.4 is 10.2 Å². The molecular weight excluding hydrogens is 419 g/mol. The molecule has 5 nitrogen and oxygen atoms in total. The summed E-state index contributed by atoms with van der Waals surface area (Å²) in [5.41, 5.74) is 2.72. The van der Waals surface area contributed by atoms with Gasteiger partial charge in [0.05, 0.1) is 16.3 Å². The van der Waals surface area contributed by atoms with Crippen LogP contribution in [-0.2, 0) is 0 Å². The summed E-state index contributed by atoms with van der Waals surface area (Å²) in [5.74, 6) is 1.39. The zero-order valence-corrected chi connectivity index (χ0v) is 18.1. The van der Waals surface area contributed by atoms with E-state index in [1.807, 2.05) is 36.4 Å². The Balaban J connectivity index is 1.43. The molecule has 1 fully saturated rings. The third-order valence-corrected chi connectivity index (χ3v) is 5.93. The molecule has 4 rings (SSSR count). The molecule has 0 radical (unpaired) electrons. The third-order valence-electron chi connectivity index (χ3n) is 5.37. The fraction of sp³-hybridized carbons (Fsp3) is 0.261. The summed E-state index contributed by atoms with van der Waals surface area (Å²) in [5, 5.41) is 12.5. The number of nitrogens with one attached hydrogen (secondary N) is 1. The number of piperidine rings is 1. The van der Waals surface area contributed by atoms with Gasteiger partial charge in [0.15, 0.2) is 5.82 Å². The molecular formula is C23H22Cl2N4O. The van der Waals surface area contributed by atoms with Gasteiger partial charge in [0.2, 0.25) is 0 Å². The number of rotatable bonds is 4. The van der Waals surface area contributed by atoms with Crippen LogP contribution in [0.15, 0.2) is 54.6 Å². The van der Waals surface area contributed by atoms with Crippen LogP contribution in [0.4, 0.5) is 11.5 Å². The van der Waals surface area contributed by atoms with Crippen molar-refractivity contribution in [2.45, 2.75) is 19.8 Å². The van der Waals surface area contributed by atoms with E-state index < -0.39 is 0 Å². The average molecular weight is 441 g/mol. The van der Waals surface area contributed by atoms with E-state index in [2.05, 4.69) is 27.3 Å². The molecule has 0 saturated carbocycles. The van der Waals surface area contributed by atoms with Crippen LogP contribution in [0.2, 0.25) is 10.0 Å². The van der Waals surface area contributed by atoms with E-state index in [0.29, 0.717) is 21.3 Å². The van der Waals surface area contributed by atoms with E-state index >= 15 is 0 Å². The van der Waals surface area contributed by atoms with Crippen molar-refractivity contribution in [1.82, 2.24) is 10.2 Å². The van der Waals surface area contributed by atoms with E-state index in [4.69, 9.17) is 23.2 Å². The number of benzene rings is 2. The molecule has 0 unspecified atom stereocenters. The van der Waals surface area contributed by atoms with Gasteiger partial charge in [-0.1, -0.05) is 42.3 Å². The summed E-state index contributed by atoms with van der Waals surface area (Å²) in [4.78, 5) is 14.8. The number of hydrogen-bond acceptors (Lipinski definition) is 4. The van der Waals surface area contributed by atoms with Crippen molar-refractivity contribution in [2.24, 2.45) is 5.92 Å². The summed E-state index contributed by atoms with van der Waals surface area (Å²) >= 11 is 12.1. The number of halogens is 2. The Labute approximate surface area is 186 Å². The molecule has 1 aliphatic rings. The van der Waals surface area contributed by atoms with Gasteiger partial charge < -0.3 is 10.2 Å². The number of anilines is 2. The van der Waals surface area contributed by atoms with Crippen molar-refractivity contribution in [3.8, 4) is 11.3 Å². The van der Waals surface area contributed by atoms with E-state index in [0.717, 1.165) is 36.1 Å². The lowest BCUT2D eigenvalue weighted by Crippen LogP contribution is -2.33. The Morgan fingerprint density at radius 2 is 1.73 bits per heavy atom. The molecule has 2 aromatic carbocycles. The van der Waals surface area contributed by atoms with Crippen LogP contribution in [-0.4, -0.2) is 29.2 Å². The van der Waals surface area contributed by atoms with Gasteiger partial charge in [0.1, 0.15) is 0 Å². The van der Waals surface area contributed by atoms with Gasteiger partial charge in [0.25, 0.3) is 5.91 Å². The maximum atomic E-state index is 12.5. The number of hydrogen-bond donors (Lipinski definition) is 1. The van der Waals surface area contributed by atoms with Gasteiger partial charge in [-0.3, -0.25) is 4.79 Å². The Kier molecular flexibility index (Phi) is 6.21. The molecule has 0 bridgehead atoms. The minimum Gasteiger partial charge on any atom is -0.355 e. The lowest BCUT2D eigenvalue weighted by molar-refractivity contribution is 0.102. The Bertz CT molecular complexity index is 1030. The molecule has 1 N–H and O–H groups in total. The Hall–Kier alpha value is -2.63.